The lowest BCUT2D eigenvalue weighted by Crippen LogP contribution is -2.21. The Bertz CT molecular complexity index is 592. The van der Waals surface area contributed by atoms with E-state index in [0.717, 1.165) is 24.1 Å². The minimum absolute atomic E-state index is 0.645. The molecule has 1 atom stereocenters. The largest absolute Gasteiger partial charge is 0.369 e. The van der Waals surface area contributed by atoms with E-state index in [2.05, 4.69) is 62.2 Å². The predicted molar refractivity (Wildman–Crippen MR) is 87.1 cm³/mol. The van der Waals surface area contributed by atoms with Crippen LogP contribution in [-0.4, -0.2) is 34.1 Å². The van der Waals surface area contributed by atoms with Gasteiger partial charge in [0.15, 0.2) is 0 Å². The number of likely N-dealkylation sites (tertiary alicyclic amines) is 1. The van der Waals surface area contributed by atoms with E-state index in [-0.39, 0.29) is 0 Å². The molecule has 1 saturated heterocycles. The molecule has 5 heteroatoms. The summed E-state index contributed by atoms with van der Waals surface area (Å²) in [5.74, 6) is 1.34. The zero-order chi connectivity index (χ0) is 13.4. The summed E-state index contributed by atoms with van der Waals surface area (Å²) in [6.07, 6.45) is 1.26. The Balaban J connectivity index is 1.86. The maximum absolute atomic E-state index is 6.08. The molecule has 2 N–H and O–H groups in total. The van der Waals surface area contributed by atoms with Crippen molar-refractivity contribution in [2.75, 3.05) is 25.4 Å². The van der Waals surface area contributed by atoms with Gasteiger partial charge in [-0.15, -0.1) is 0 Å². The zero-order valence-electron chi connectivity index (χ0n) is 11.1. The highest BCUT2D eigenvalue weighted by Gasteiger charge is 2.22. The monoisotopic (exact) mass is 370 g/mol. The Labute approximate surface area is 127 Å². The van der Waals surface area contributed by atoms with Crippen LogP contribution in [0.25, 0.3) is 11.0 Å². The summed E-state index contributed by atoms with van der Waals surface area (Å²) in [5.41, 5.74) is 8.25. The molecule has 1 aliphatic rings. The molecule has 1 aromatic heterocycles. The van der Waals surface area contributed by atoms with E-state index < -0.39 is 0 Å². The smallest absolute Gasteiger partial charge is 0.201 e. The molecule has 2 heterocycles. The highest BCUT2D eigenvalue weighted by atomic mass is 127. The molecule has 19 heavy (non-hydrogen) atoms. The SMILES string of the molecule is CCN1CCC(Cn2c(N)nc3cc(I)ccc32)C1. The summed E-state index contributed by atoms with van der Waals surface area (Å²) in [5, 5.41) is 0. The van der Waals surface area contributed by atoms with E-state index in [0.29, 0.717) is 11.9 Å². The number of aromatic nitrogens is 2. The Hall–Kier alpha value is -0.820. The summed E-state index contributed by atoms with van der Waals surface area (Å²) in [6, 6.07) is 6.34. The number of anilines is 1. The molecule has 0 spiro atoms. The van der Waals surface area contributed by atoms with Crippen LogP contribution in [0.5, 0.6) is 0 Å². The molecule has 102 valence electrons. The molecule has 1 aromatic carbocycles. The van der Waals surface area contributed by atoms with Crippen LogP contribution >= 0.6 is 22.6 Å². The Morgan fingerprint density at radius 2 is 2.32 bits per heavy atom. The minimum Gasteiger partial charge on any atom is -0.369 e. The number of rotatable bonds is 3. The molecule has 4 nitrogen and oxygen atoms in total. The van der Waals surface area contributed by atoms with Gasteiger partial charge in [0, 0.05) is 16.7 Å². The van der Waals surface area contributed by atoms with Crippen LogP contribution < -0.4 is 5.73 Å². The average molecular weight is 370 g/mol. The highest BCUT2D eigenvalue weighted by Crippen LogP contribution is 2.24. The molecule has 0 aliphatic carbocycles. The topological polar surface area (TPSA) is 47.1 Å². The molecule has 0 bridgehead atoms. The van der Waals surface area contributed by atoms with Crippen LogP contribution in [0.4, 0.5) is 5.95 Å². The number of hydrogen-bond donors (Lipinski definition) is 1. The minimum atomic E-state index is 0.645. The zero-order valence-corrected chi connectivity index (χ0v) is 13.3. The first-order chi connectivity index (χ1) is 9.17. The third-order valence-corrected chi connectivity index (χ3v) is 4.67. The first-order valence-electron chi connectivity index (χ1n) is 6.81. The van der Waals surface area contributed by atoms with Crippen LogP contribution in [0.2, 0.25) is 0 Å². The highest BCUT2D eigenvalue weighted by molar-refractivity contribution is 14.1. The number of nitrogens with two attached hydrogens (primary N) is 1. The lowest BCUT2D eigenvalue weighted by atomic mass is 10.1. The molecule has 0 saturated carbocycles. The number of hydrogen-bond acceptors (Lipinski definition) is 3. The van der Waals surface area contributed by atoms with E-state index >= 15 is 0 Å². The molecule has 0 amide bonds. The van der Waals surface area contributed by atoms with Crippen molar-refractivity contribution in [1.29, 1.82) is 0 Å². The number of imidazole rings is 1. The van der Waals surface area contributed by atoms with E-state index in [1.165, 1.54) is 23.1 Å². The third kappa shape index (κ3) is 2.58. The van der Waals surface area contributed by atoms with E-state index in [1.807, 2.05) is 0 Å². The maximum Gasteiger partial charge on any atom is 0.201 e. The Kier molecular flexibility index (Phi) is 3.66. The molecule has 1 fully saturated rings. The van der Waals surface area contributed by atoms with Gasteiger partial charge in [0.2, 0.25) is 5.95 Å². The van der Waals surface area contributed by atoms with Gasteiger partial charge >= 0.3 is 0 Å². The van der Waals surface area contributed by atoms with Crippen molar-refractivity contribution in [3.05, 3.63) is 21.8 Å². The number of nitrogen functional groups attached to an aromatic ring is 1. The van der Waals surface area contributed by atoms with Gasteiger partial charge in [-0.1, -0.05) is 6.92 Å². The first kappa shape index (κ1) is 13.2. The van der Waals surface area contributed by atoms with Crippen molar-refractivity contribution in [2.24, 2.45) is 5.92 Å². The van der Waals surface area contributed by atoms with Crippen molar-refractivity contribution < 1.29 is 0 Å². The molecular formula is C14H19IN4. The lowest BCUT2D eigenvalue weighted by Gasteiger charge is -2.14. The van der Waals surface area contributed by atoms with Crippen molar-refractivity contribution in [2.45, 2.75) is 19.9 Å². The predicted octanol–water partition coefficient (Wildman–Crippen LogP) is 2.56. The summed E-state index contributed by atoms with van der Waals surface area (Å²) in [7, 11) is 0. The molecular weight excluding hydrogens is 351 g/mol. The fraction of sp³-hybridized carbons (Fsp3) is 0.500. The molecule has 0 radical (unpaired) electrons. The number of fused-ring (bicyclic) bond motifs is 1. The van der Waals surface area contributed by atoms with Crippen LogP contribution in [0.1, 0.15) is 13.3 Å². The molecule has 2 aromatic rings. The fourth-order valence-electron chi connectivity index (χ4n) is 2.92. The molecule has 3 rings (SSSR count). The average Bonchev–Trinajstić information content (AvgIpc) is 2.95. The summed E-state index contributed by atoms with van der Waals surface area (Å²) in [4.78, 5) is 6.98. The summed E-state index contributed by atoms with van der Waals surface area (Å²) < 4.78 is 3.38. The second-order valence-electron chi connectivity index (χ2n) is 5.26. The standard InChI is InChI=1S/C14H19IN4/c1-2-18-6-5-10(8-18)9-19-13-4-3-11(15)7-12(13)17-14(19)16/h3-4,7,10H,2,5-6,8-9H2,1H3,(H2,16,17). The molecule has 1 unspecified atom stereocenters. The number of halogens is 1. The second kappa shape index (κ2) is 5.28. The van der Waals surface area contributed by atoms with Crippen LogP contribution in [0.3, 0.4) is 0 Å². The van der Waals surface area contributed by atoms with Crippen molar-refractivity contribution in [3.63, 3.8) is 0 Å². The maximum atomic E-state index is 6.08. The first-order valence-corrected chi connectivity index (χ1v) is 7.89. The Morgan fingerprint density at radius 1 is 1.47 bits per heavy atom. The van der Waals surface area contributed by atoms with Gasteiger partial charge in [0.25, 0.3) is 0 Å². The van der Waals surface area contributed by atoms with E-state index in [9.17, 15) is 0 Å². The quantitative estimate of drug-likeness (QED) is 0.845. The molecule has 1 aliphatic heterocycles. The van der Waals surface area contributed by atoms with Gasteiger partial charge in [-0.3, -0.25) is 0 Å². The van der Waals surface area contributed by atoms with E-state index in [4.69, 9.17) is 5.73 Å². The van der Waals surface area contributed by atoms with Crippen LogP contribution in [0, 0.1) is 9.49 Å². The summed E-state index contributed by atoms with van der Waals surface area (Å²) in [6.45, 7) is 6.76. The van der Waals surface area contributed by atoms with Gasteiger partial charge in [-0.2, -0.15) is 0 Å². The van der Waals surface area contributed by atoms with Gasteiger partial charge in [0.1, 0.15) is 0 Å². The van der Waals surface area contributed by atoms with Crippen LogP contribution in [0.15, 0.2) is 18.2 Å². The van der Waals surface area contributed by atoms with Crippen molar-refractivity contribution in [3.8, 4) is 0 Å². The van der Waals surface area contributed by atoms with Crippen molar-refractivity contribution in [1.82, 2.24) is 14.5 Å². The van der Waals surface area contributed by atoms with Gasteiger partial charge in [-0.05, 0) is 66.2 Å². The lowest BCUT2D eigenvalue weighted by molar-refractivity contribution is 0.334. The Morgan fingerprint density at radius 3 is 3.05 bits per heavy atom. The normalized spacial score (nSPS) is 20.4. The fourth-order valence-corrected chi connectivity index (χ4v) is 3.40. The second-order valence-corrected chi connectivity index (χ2v) is 6.51. The van der Waals surface area contributed by atoms with Crippen LogP contribution in [-0.2, 0) is 6.54 Å². The van der Waals surface area contributed by atoms with Gasteiger partial charge in [-0.25, -0.2) is 4.98 Å². The van der Waals surface area contributed by atoms with E-state index in [1.54, 1.807) is 0 Å². The summed E-state index contributed by atoms with van der Waals surface area (Å²) >= 11 is 2.31. The van der Waals surface area contributed by atoms with Gasteiger partial charge < -0.3 is 15.2 Å². The number of nitrogens with zero attached hydrogens (tertiary/aromatic N) is 3. The third-order valence-electron chi connectivity index (χ3n) is 4.00. The van der Waals surface area contributed by atoms with Gasteiger partial charge in [0.05, 0.1) is 11.0 Å². The number of benzene rings is 1. The van der Waals surface area contributed by atoms with Crippen molar-refractivity contribution >= 4 is 39.6 Å².